The molecule has 20 heavy (non-hydrogen) atoms. The number of amides is 1. The van der Waals surface area contributed by atoms with Crippen LogP contribution in [-0.4, -0.2) is 39.0 Å². The first-order valence-corrected chi connectivity index (χ1v) is 5.69. The Kier molecular flexibility index (Phi) is 5.63. The summed E-state index contributed by atoms with van der Waals surface area (Å²) in [7, 11) is 1.39. The summed E-state index contributed by atoms with van der Waals surface area (Å²) in [6, 6.07) is 4.48. The van der Waals surface area contributed by atoms with Crippen LogP contribution in [0.5, 0.6) is 5.75 Å². The quantitative estimate of drug-likeness (QED) is 0.617. The molecule has 0 radical (unpaired) electrons. The highest BCUT2D eigenvalue weighted by atomic mass is 19.4. The number of carbonyl (C=O) groups is 1. The third kappa shape index (κ3) is 5.35. The Morgan fingerprint density at radius 3 is 2.70 bits per heavy atom. The number of hydrogen-bond donors (Lipinski definition) is 2. The van der Waals surface area contributed by atoms with E-state index in [1.807, 2.05) is 0 Å². The van der Waals surface area contributed by atoms with Gasteiger partial charge in [-0.15, -0.1) is 0 Å². The minimum Gasteiger partial charge on any atom is -0.496 e. The molecule has 0 heterocycles. The Bertz CT molecular complexity index is 464. The highest BCUT2D eigenvalue weighted by Gasteiger charge is 2.27. The van der Waals surface area contributed by atoms with Crippen LogP contribution in [0.4, 0.5) is 18.9 Å². The number of anilines is 1. The van der Waals surface area contributed by atoms with E-state index >= 15 is 0 Å². The number of methoxy groups -OCH3 is 1. The number of rotatable bonds is 6. The van der Waals surface area contributed by atoms with Crippen LogP contribution in [0.3, 0.4) is 0 Å². The normalized spacial score (nSPS) is 11.2. The molecule has 1 aromatic carbocycles. The maximum atomic E-state index is 11.8. The van der Waals surface area contributed by atoms with Crippen LogP contribution >= 0.6 is 0 Å². The molecule has 0 fully saturated rings. The first-order chi connectivity index (χ1) is 9.33. The molecular formula is C12H15F3N2O3. The van der Waals surface area contributed by atoms with E-state index in [2.05, 4.69) is 10.1 Å². The molecule has 0 atom stereocenters. The van der Waals surface area contributed by atoms with Crippen molar-refractivity contribution in [1.82, 2.24) is 5.32 Å². The van der Waals surface area contributed by atoms with Gasteiger partial charge in [-0.05, 0) is 12.1 Å². The standard InChI is InChI=1S/C12H15F3N2O3/c1-19-10-6-8(16)2-3-9(10)11(18)17-4-5-20-7-12(13,14)15/h2-3,6H,4-5,7,16H2,1H3,(H,17,18). The van der Waals surface area contributed by atoms with Crippen molar-refractivity contribution in [2.75, 3.05) is 32.6 Å². The van der Waals surface area contributed by atoms with E-state index in [1.165, 1.54) is 25.3 Å². The maximum absolute atomic E-state index is 11.8. The lowest BCUT2D eigenvalue weighted by molar-refractivity contribution is -0.173. The number of ether oxygens (including phenoxy) is 2. The van der Waals surface area contributed by atoms with Gasteiger partial charge in [0.1, 0.15) is 12.4 Å². The van der Waals surface area contributed by atoms with E-state index in [9.17, 15) is 18.0 Å². The number of carbonyl (C=O) groups excluding carboxylic acids is 1. The molecule has 112 valence electrons. The summed E-state index contributed by atoms with van der Waals surface area (Å²) in [6.07, 6.45) is -4.37. The molecule has 1 amide bonds. The van der Waals surface area contributed by atoms with Crippen LogP contribution in [-0.2, 0) is 4.74 Å². The summed E-state index contributed by atoms with van der Waals surface area (Å²) in [6.45, 7) is -1.61. The van der Waals surface area contributed by atoms with E-state index in [0.717, 1.165) is 0 Å². The lowest BCUT2D eigenvalue weighted by Crippen LogP contribution is -2.29. The fourth-order valence-corrected chi connectivity index (χ4v) is 1.42. The van der Waals surface area contributed by atoms with Gasteiger partial charge in [-0.3, -0.25) is 4.79 Å². The van der Waals surface area contributed by atoms with Gasteiger partial charge in [-0.1, -0.05) is 0 Å². The first kappa shape index (κ1) is 16.1. The molecule has 8 heteroatoms. The maximum Gasteiger partial charge on any atom is 0.411 e. The second-order valence-electron chi connectivity index (χ2n) is 3.88. The molecule has 3 N–H and O–H groups in total. The molecule has 0 saturated carbocycles. The number of nitrogen functional groups attached to an aromatic ring is 1. The molecule has 0 unspecified atom stereocenters. The van der Waals surface area contributed by atoms with Gasteiger partial charge in [0.15, 0.2) is 0 Å². The van der Waals surface area contributed by atoms with E-state index in [4.69, 9.17) is 10.5 Å². The number of halogens is 3. The summed E-state index contributed by atoms with van der Waals surface area (Å²) in [5.74, 6) is -0.184. The van der Waals surface area contributed by atoms with Crippen LogP contribution in [0.1, 0.15) is 10.4 Å². The summed E-state index contributed by atoms with van der Waals surface area (Å²) in [5.41, 5.74) is 6.23. The first-order valence-electron chi connectivity index (χ1n) is 5.69. The molecule has 0 saturated heterocycles. The van der Waals surface area contributed by atoms with Crippen molar-refractivity contribution in [3.63, 3.8) is 0 Å². The second-order valence-corrected chi connectivity index (χ2v) is 3.88. The fraction of sp³-hybridized carbons (Fsp3) is 0.417. The number of benzene rings is 1. The van der Waals surface area contributed by atoms with Gasteiger partial charge in [-0.2, -0.15) is 13.2 Å². The zero-order chi connectivity index (χ0) is 15.2. The van der Waals surface area contributed by atoms with Crippen molar-refractivity contribution >= 4 is 11.6 Å². The van der Waals surface area contributed by atoms with Gasteiger partial charge in [0.25, 0.3) is 5.91 Å². The Labute approximate surface area is 113 Å². The van der Waals surface area contributed by atoms with Crippen molar-refractivity contribution in [1.29, 1.82) is 0 Å². The van der Waals surface area contributed by atoms with Crippen LogP contribution in [0.2, 0.25) is 0 Å². The predicted octanol–water partition coefficient (Wildman–Crippen LogP) is 1.59. The van der Waals surface area contributed by atoms with Gasteiger partial charge in [0.2, 0.25) is 0 Å². The summed E-state index contributed by atoms with van der Waals surface area (Å²) in [4.78, 5) is 11.8. The van der Waals surface area contributed by atoms with Crippen LogP contribution in [0.15, 0.2) is 18.2 Å². The molecule has 1 aromatic rings. The third-order valence-corrected chi connectivity index (χ3v) is 2.27. The van der Waals surface area contributed by atoms with E-state index in [0.29, 0.717) is 11.4 Å². The Balaban J connectivity index is 2.44. The molecule has 0 spiro atoms. The Morgan fingerprint density at radius 2 is 2.10 bits per heavy atom. The van der Waals surface area contributed by atoms with Gasteiger partial charge >= 0.3 is 6.18 Å². The van der Waals surface area contributed by atoms with Crippen molar-refractivity contribution in [3.05, 3.63) is 23.8 Å². The van der Waals surface area contributed by atoms with Crippen LogP contribution in [0.25, 0.3) is 0 Å². The minimum absolute atomic E-state index is 0.0392. The van der Waals surface area contributed by atoms with Gasteiger partial charge in [-0.25, -0.2) is 0 Å². The highest BCUT2D eigenvalue weighted by molar-refractivity contribution is 5.97. The fourth-order valence-electron chi connectivity index (χ4n) is 1.42. The average molecular weight is 292 g/mol. The predicted molar refractivity (Wildman–Crippen MR) is 66.6 cm³/mol. The molecule has 0 bridgehead atoms. The monoisotopic (exact) mass is 292 g/mol. The summed E-state index contributed by atoms with van der Waals surface area (Å²) >= 11 is 0. The Morgan fingerprint density at radius 1 is 1.40 bits per heavy atom. The van der Waals surface area contributed by atoms with Crippen molar-refractivity contribution < 1.29 is 27.4 Å². The average Bonchev–Trinajstić information content (AvgIpc) is 2.36. The Hall–Kier alpha value is -1.96. The number of nitrogens with one attached hydrogen (secondary N) is 1. The molecule has 0 aliphatic carbocycles. The molecular weight excluding hydrogens is 277 g/mol. The van der Waals surface area contributed by atoms with Crippen LogP contribution < -0.4 is 15.8 Å². The smallest absolute Gasteiger partial charge is 0.411 e. The van der Waals surface area contributed by atoms with E-state index in [-0.39, 0.29) is 18.7 Å². The van der Waals surface area contributed by atoms with Crippen LogP contribution in [0, 0.1) is 0 Å². The zero-order valence-electron chi connectivity index (χ0n) is 10.8. The molecule has 0 aromatic heterocycles. The SMILES string of the molecule is COc1cc(N)ccc1C(=O)NCCOCC(F)(F)F. The van der Waals surface area contributed by atoms with Gasteiger partial charge < -0.3 is 20.5 Å². The highest BCUT2D eigenvalue weighted by Crippen LogP contribution is 2.21. The van der Waals surface area contributed by atoms with Gasteiger partial charge in [0, 0.05) is 18.3 Å². The zero-order valence-corrected chi connectivity index (χ0v) is 10.8. The number of alkyl halides is 3. The second kappa shape index (κ2) is 6.99. The molecule has 5 nitrogen and oxygen atoms in total. The van der Waals surface area contributed by atoms with Gasteiger partial charge in [0.05, 0.1) is 19.3 Å². The molecule has 0 aliphatic heterocycles. The minimum atomic E-state index is -4.37. The lowest BCUT2D eigenvalue weighted by atomic mass is 10.1. The topological polar surface area (TPSA) is 73.6 Å². The third-order valence-electron chi connectivity index (χ3n) is 2.27. The summed E-state index contributed by atoms with van der Waals surface area (Å²) in [5, 5.41) is 2.43. The van der Waals surface area contributed by atoms with E-state index in [1.54, 1.807) is 0 Å². The van der Waals surface area contributed by atoms with Crippen molar-refractivity contribution in [2.45, 2.75) is 6.18 Å². The van der Waals surface area contributed by atoms with Crippen molar-refractivity contribution in [2.24, 2.45) is 0 Å². The molecule has 1 rings (SSSR count). The van der Waals surface area contributed by atoms with E-state index < -0.39 is 18.7 Å². The van der Waals surface area contributed by atoms with Crippen molar-refractivity contribution in [3.8, 4) is 5.75 Å². The number of hydrogen-bond acceptors (Lipinski definition) is 4. The molecule has 0 aliphatic rings. The number of nitrogens with two attached hydrogens (primary N) is 1. The largest absolute Gasteiger partial charge is 0.496 e. The lowest BCUT2D eigenvalue weighted by Gasteiger charge is -2.11. The summed E-state index contributed by atoms with van der Waals surface area (Å²) < 4.78 is 44.8.